The van der Waals surface area contributed by atoms with Crippen molar-refractivity contribution in [3.8, 4) is 16.8 Å². The van der Waals surface area contributed by atoms with Crippen molar-refractivity contribution in [2.24, 2.45) is 0 Å². The van der Waals surface area contributed by atoms with Gasteiger partial charge in [-0.25, -0.2) is 13.4 Å². The Labute approximate surface area is 210 Å². The Kier molecular flexibility index (Phi) is 6.88. The molecular weight excluding hydrogens is 484 g/mol. The van der Waals surface area contributed by atoms with E-state index in [2.05, 4.69) is 4.98 Å². The number of nitrogens with zero attached hydrogens (tertiary/aromatic N) is 2. The molecule has 0 aliphatic rings. The van der Waals surface area contributed by atoms with Crippen molar-refractivity contribution in [3.63, 3.8) is 0 Å². The molecule has 2 N–H and O–H groups in total. The van der Waals surface area contributed by atoms with Crippen LogP contribution in [0.1, 0.15) is 36.5 Å². The highest BCUT2D eigenvalue weighted by atomic mass is 35.5. The standard InChI is InChI=1S/C27H27ClN2O4S/c1-27(2,32)25-16-30(26(29-25)15-21-6-4-5-7-22(21)28)23-13-12-20(14-24(23)35(3,33)34)19-10-8-18(17-31)9-11-19/h4-14,16,31-32H,15,17H2,1-3H3. The Morgan fingerprint density at radius 2 is 1.66 bits per heavy atom. The molecule has 0 amide bonds. The van der Waals surface area contributed by atoms with Crippen LogP contribution < -0.4 is 0 Å². The van der Waals surface area contributed by atoms with Gasteiger partial charge < -0.3 is 14.8 Å². The number of aliphatic hydroxyl groups excluding tert-OH is 1. The lowest BCUT2D eigenvalue weighted by molar-refractivity contribution is 0.0741. The van der Waals surface area contributed by atoms with Crippen LogP contribution in [0, 0.1) is 0 Å². The summed E-state index contributed by atoms with van der Waals surface area (Å²) >= 11 is 6.39. The van der Waals surface area contributed by atoms with Gasteiger partial charge in [-0.3, -0.25) is 0 Å². The Bertz CT molecular complexity index is 1470. The molecule has 182 valence electrons. The minimum atomic E-state index is -3.63. The average molecular weight is 511 g/mol. The summed E-state index contributed by atoms with van der Waals surface area (Å²) < 4.78 is 27.5. The molecule has 4 aromatic rings. The van der Waals surface area contributed by atoms with Crippen molar-refractivity contribution in [3.05, 3.63) is 101 Å². The topological polar surface area (TPSA) is 92.4 Å². The summed E-state index contributed by atoms with van der Waals surface area (Å²) in [6, 6.07) is 19.9. The first kappa shape index (κ1) is 25.1. The van der Waals surface area contributed by atoms with Gasteiger partial charge >= 0.3 is 0 Å². The monoisotopic (exact) mass is 510 g/mol. The maximum Gasteiger partial charge on any atom is 0.177 e. The molecule has 3 aromatic carbocycles. The lowest BCUT2D eigenvalue weighted by Gasteiger charge is -2.15. The maximum atomic E-state index is 12.9. The van der Waals surface area contributed by atoms with Crippen LogP contribution in [0.5, 0.6) is 0 Å². The first-order valence-electron chi connectivity index (χ1n) is 11.1. The summed E-state index contributed by atoms with van der Waals surface area (Å²) in [5, 5.41) is 20.5. The number of hydrogen-bond acceptors (Lipinski definition) is 5. The summed E-state index contributed by atoms with van der Waals surface area (Å²) in [7, 11) is -3.63. The van der Waals surface area contributed by atoms with Crippen molar-refractivity contribution in [2.45, 2.75) is 37.4 Å². The van der Waals surface area contributed by atoms with E-state index in [0.29, 0.717) is 28.6 Å². The molecule has 0 atom stereocenters. The number of halogens is 1. The SMILES string of the molecule is CC(C)(O)c1cn(-c2ccc(-c3ccc(CO)cc3)cc2S(C)(=O)=O)c(Cc2ccccc2Cl)n1. The van der Waals surface area contributed by atoms with Gasteiger partial charge in [0.05, 0.1) is 22.9 Å². The van der Waals surface area contributed by atoms with Gasteiger partial charge in [0.1, 0.15) is 11.4 Å². The second kappa shape index (κ2) is 9.59. The first-order chi connectivity index (χ1) is 16.5. The molecule has 0 aliphatic heterocycles. The molecule has 8 heteroatoms. The van der Waals surface area contributed by atoms with E-state index in [1.54, 1.807) is 54.9 Å². The zero-order chi connectivity index (χ0) is 25.4. The number of imidazole rings is 1. The molecule has 4 rings (SSSR count). The van der Waals surface area contributed by atoms with Crippen LogP contribution in [0.25, 0.3) is 16.8 Å². The van der Waals surface area contributed by atoms with Gasteiger partial charge in [0, 0.05) is 23.9 Å². The maximum absolute atomic E-state index is 12.9. The van der Waals surface area contributed by atoms with Crippen LogP contribution in [-0.2, 0) is 28.5 Å². The second-order valence-corrected chi connectivity index (χ2v) is 11.4. The molecule has 0 bridgehead atoms. The summed E-state index contributed by atoms with van der Waals surface area (Å²) in [6.07, 6.45) is 3.20. The smallest absolute Gasteiger partial charge is 0.177 e. The third-order valence-electron chi connectivity index (χ3n) is 5.80. The van der Waals surface area contributed by atoms with E-state index < -0.39 is 15.4 Å². The minimum Gasteiger partial charge on any atom is -0.392 e. The van der Waals surface area contributed by atoms with E-state index in [1.165, 1.54) is 6.26 Å². The molecule has 0 saturated heterocycles. The van der Waals surface area contributed by atoms with Crippen molar-refractivity contribution < 1.29 is 18.6 Å². The fourth-order valence-corrected chi connectivity index (χ4v) is 4.94. The summed E-state index contributed by atoms with van der Waals surface area (Å²) in [6.45, 7) is 3.21. The highest BCUT2D eigenvalue weighted by Crippen LogP contribution is 2.31. The normalized spacial score (nSPS) is 12.2. The molecule has 0 spiro atoms. The highest BCUT2D eigenvalue weighted by molar-refractivity contribution is 7.90. The number of benzene rings is 3. The molecule has 35 heavy (non-hydrogen) atoms. The van der Waals surface area contributed by atoms with Crippen LogP contribution in [0.2, 0.25) is 5.02 Å². The van der Waals surface area contributed by atoms with E-state index >= 15 is 0 Å². The van der Waals surface area contributed by atoms with Crippen LogP contribution in [0.15, 0.2) is 77.8 Å². The van der Waals surface area contributed by atoms with Gasteiger partial charge in [0.15, 0.2) is 9.84 Å². The largest absolute Gasteiger partial charge is 0.392 e. The van der Waals surface area contributed by atoms with Gasteiger partial charge in [0.25, 0.3) is 0 Å². The highest BCUT2D eigenvalue weighted by Gasteiger charge is 2.25. The Morgan fingerprint density at radius 3 is 2.26 bits per heavy atom. The van der Waals surface area contributed by atoms with Gasteiger partial charge in [-0.2, -0.15) is 0 Å². The Balaban J connectivity index is 1.89. The number of aliphatic hydroxyl groups is 2. The van der Waals surface area contributed by atoms with Crippen molar-refractivity contribution in [1.82, 2.24) is 9.55 Å². The number of rotatable bonds is 7. The fourth-order valence-electron chi connectivity index (χ4n) is 3.85. The molecular formula is C27H27ClN2O4S. The third-order valence-corrected chi connectivity index (χ3v) is 7.30. The average Bonchev–Trinajstić information content (AvgIpc) is 3.24. The number of hydrogen-bond donors (Lipinski definition) is 2. The summed E-state index contributed by atoms with van der Waals surface area (Å²) in [5.74, 6) is 0.556. The predicted molar refractivity (Wildman–Crippen MR) is 138 cm³/mol. The lowest BCUT2D eigenvalue weighted by Crippen LogP contribution is -2.16. The molecule has 0 radical (unpaired) electrons. The fraction of sp³-hybridized carbons (Fsp3) is 0.222. The summed E-state index contributed by atoms with van der Waals surface area (Å²) in [5.41, 5.74) is 2.81. The minimum absolute atomic E-state index is 0.0633. The van der Waals surface area contributed by atoms with Crippen molar-refractivity contribution in [1.29, 1.82) is 0 Å². The predicted octanol–water partition coefficient (Wildman–Crippen LogP) is 4.91. The molecule has 1 aromatic heterocycles. The van der Waals surface area contributed by atoms with E-state index in [9.17, 15) is 18.6 Å². The first-order valence-corrected chi connectivity index (χ1v) is 13.3. The molecule has 0 fully saturated rings. The van der Waals surface area contributed by atoms with E-state index in [-0.39, 0.29) is 11.5 Å². The zero-order valence-corrected chi connectivity index (χ0v) is 21.3. The van der Waals surface area contributed by atoms with Crippen LogP contribution >= 0.6 is 11.6 Å². The molecule has 0 saturated carbocycles. The summed E-state index contributed by atoms with van der Waals surface area (Å²) in [4.78, 5) is 4.79. The Morgan fingerprint density at radius 1 is 1.00 bits per heavy atom. The van der Waals surface area contributed by atoms with E-state index in [1.807, 2.05) is 36.4 Å². The van der Waals surface area contributed by atoms with E-state index in [4.69, 9.17) is 11.6 Å². The lowest BCUT2D eigenvalue weighted by atomic mass is 10.0. The van der Waals surface area contributed by atoms with Gasteiger partial charge in [-0.1, -0.05) is 60.1 Å². The van der Waals surface area contributed by atoms with E-state index in [0.717, 1.165) is 22.3 Å². The second-order valence-electron chi connectivity index (χ2n) is 9.05. The number of sulfone groups is 1. The van der Waals surface area contributed by atoms with Crippen molar-refractivity contribution in [2.75, 3.05) is 6.26 Å². The van der Waals surface area contributed by atoms with Crippen LogP contribution in [-0.4, -0.2) is 34.4 Å². The zero-order valence-electron chi connectivity index (χ0n) is 19.7. The molecule has 0 aliphatic carbocycles. The Hall–Kier alpha value is -2.97. The third kappa shape index (κ3) is 5.49. The van der Waals surface area contributed by atoms with Gasteiger partial charge in [0.2, 0.25) is 0 Å². The van der Waals surface area contributed by atoms with Crippen LogP contribution in [0.4, 0.5) is 0 Å². The van der Waals surface area contributed by atoms with Gasteiger partial charge in [-0.05, 0) is 54.3 Å². The molecule has 6 nitrogen and oxygen atoms in total. The van der Waals surface area contributed by atoms with Crippen LogP contribution in [0.3, 0.4) is 0 Å². The quantitative estimate of drug-likeness (QED) is 0.368. The van der Waals surface area contributed by atoms with Gasteiger partial charge in [-0.15, -0.1) is 0 Å². The molecule has 1 heterocycles. The number of aromatic nitrogens is 2. The molecule has 0 unspecified atom stereocenters. The van der Waals surface area contributed by atoms with Crippen molar-refractivity contribution >= 4 is 21.4 Å².